The van der Waals surface area contributed by atoms with Crippen molar-refractivity contribution in [1.82, 2.24) is 0 Å². The molecule has 0 aliphatic heterocycles. The zero-order chi connectivity index (χ0) is 11.4. The van der Waals surface area contributed by atoms with E-state index in [1.54, 1.807) is 12.1 Å². The molecule has 0 aliphatic rings. The smallest absolute Gasteiger partial charge is 0.140 e. The molecule has 0 saturated heterocycles. The number of rotatable bonds is 2. The van der Waals surface area contributed by atoms with Gasteiger partial charge >= 0.3 is 0 Å². The molecule has 0 amide bonds. The summed E-state index contributed by atoms with van der Waals surface area (Å²) in [6.45, 7) is 3.78. The van der Waals surface area contributed by atoms with Crippen LogP contribution < -0.4 is 5.73 Å². The highest BCUT2D eigenvalue weighted by Crippen LogP contribution is 2.13. The van der Waals surface area contributed by atoms with Gasteiger partial charge in [-0.3, -0.25) is 0 Å². The first-order valence-electron chi connectivity index (χ1n) is 4.68. The van der Waals surface area contributed by atoms with E-state index in [-0.39, 0.29) is 11.6 Å². The minimum absolute atomic E-state index is 0.0411. The number of halogens is 1. The zero-order valence-corrected chi connectivity index (χ0v) is 8.79. The highest BCUT2D eigenvalue weighted by molar-refractivity contribution is 5.55. The van der Waals surface area contributed by atoms with Gasteiger partial charge < -0.3 is 5.73 Å². The third kappa shape index (κ3) is 2.90. The van der Waals surface area contributed by atoms with Crippen LogP contribution >= 0.6 is 0 Å². The van der Waals surface area contributed by atoms with Gasteiger partial charge in [-0.15, -0.1) is 0 Å². The van der Waals surface area contributed by atoms with Crippen LogP contribution in [0.1, 0.15) is 25.0 Å². The van der Waals surface area contributed by atoms with Crippen molar-refractivity contribution >= 4 is 6.08 Å². The topological polar surface area (TPSA) is 49.8 Å². The molecular weight excluding hydrogens is 191 g/mol. The normalized spacial score (nSPS) is 13.4. The van der Waals surface area contributed by atoms with Crippen LogP contribution in [-0.2, 0) is 0 Å². The lowest BCUT2D eigenvalue weighted by molar-refractivity contribution is 0.624. The fourth-order valence-corrected chi connectivity index (χ4v) is 1.11. The van der Waals surface area contributed by atoms with Gasteiger partial charge in [-0.2, -0.15) is 5.26 Å². The van der Waals surface area contributed by atoms with Gasteiger partial charge in [0.1, 0.15) is 11.9 Å². The van der Waals surface area contributed by atoms with E-state index in [1.165, 1.54) is 12.1 Å². The summed E-state index contributed by atoms with van der Waals surface area (Å²) in [5, 5.41) is 8.65. The van der Waals surface area contributed by atoms with Gasteiger partial charge in [0.15, 0.2) is 0 Å². The molecule has 2 N–H and O–H groups in total. The molecule has 0 aromatic heterocycles. The quantitative estimate of drug-likeness (QED) is 0.804. The molecule has 0 fully saturated rings. The Balaban J connectivity index is 3.09. The number of hydrogen-bond acceptors (Lipinski definition) is 2. The maximum Gasteiger partial charge on any atom is 0.140 e. The lowest BCUT2D eigenvalue weighted by atomic mass is 10.1. The summed E-state index contributed by atoms with van der Waals surface area (Å²) in [7, 11) is 0. The predicted octanol–water partition coefficient (Wildman–Crippen LogP) is 2.45. The fraction of sp³-hybridized carbons (Fsp3) is 0.250. The number of nitrogens with two attached hydrogens (primary N) is 1. The van der Waals surface area contributed by atoms with Crippen LogP contribution in [0.25, 0.3) is 6.08 Å². The highest BCUT2D eigenvalue weighted by atomic mass is 19.1. The van der Waals surface area contributed by atoms with E-state index < -0.39 is 5.82 Å². The van der Waals surface area contributed by atoms with Crippen molar-refractivity contribution < 1.29 is 4.39 Å². The fourth-order valence-electron chi connectivity index (χ4n) is 1.11. The average Bonchev–Trinajstić information content (AvgIpc) is 2.20. The molecule has 78 valence electrons. The first kappa shape index (κ1) is 11.4. The molecule has 1 unspecified atom stereocenters. The van der Waals surface area contributed by atoms with Crippen molar-refractivity contribution in [2.75, 3.05) is 0 Å². The summed E-state index contributed by atoms with van der Waals surface area (Å²) >= 11 is 0. The Morgan fingerprint density at radius 3 is 2.80 bits per heavy atom. The molecule has 0 heterocycles. The van der Waals surface area contributed by atoms with Gasteiger partial charge in [0, 0.05) is 6.04 Å². The maximum absolute atomic E-state index is 13.0. The van der Waals surface area contributed by atoms with Crippen molar-refractivity contribution in [3.05, 3.63) is 40.7 Å². The van der Waals surface area contributed by atoms with Crippen LogP contribution in [0.3, 0.4) is 0 Å². The van der Waals surface area contributed by atoms with Crippen molar-refractivity contribution in [2.24, 2.45) is 5.73 Å². The van der Waals surface area contributed by atoms with Crippen molar-refractivity contribution in [3.63, 3.8) is 0 Å². The van der Waals surface area contributed by atoms with Gasteiger partial charge in [-0.25, -0.2) is 4.39 Å². The minimum Gasteiger partial charge on any atom is -0.324 e. The Hall–Kier alpha value is -1.66. The summed E-state index contributed by atoms with van der Waals surface area (Å²) < 4.78 is 13.0. The second-order valence-electron chi connectivity index (χ2n) is 3.53. The molecule has 3 heteroatoms. The van der Waals surface area contributed by atoms with Gasteiger partial charge in [0.05, 0.1) is 5.56 Å². The summed E-state index contributed by atoms with van der Waals surface area (Å²) in [5.74, 6) is -0.493. The Labute approximate surface area is 88.8 Å². The highest BCUT2D eigenvalue weighted by Gasteiger charge is 2.02. The largest absolute Gasteiger partial charge is 0.324 e. The molecule has 1 atom stereocenters. The van der Waals surface area contributed by atoms with Crippen LogP contribution in [0.4, 0.5) is 4.39 Å². The van der Waals surface area contributed by atoms with E-state index in [9.17, 15) is 4.39 Å². The summed E-state index contributed by atoms with van der Waals surface area (Å²) in [4.78, 5) is 0. The molecule has 0 spiro atoms. The molecule has 2 nitrogen and oxygen atoms in total. The van der Waals surface area contributed by atoms with Crippen molar-refractivity contribution in [3.8, 4) is 6.07 Å². The van der Waals surface area contributed by atoms with Crippen LogP contribution in [0.15, 0.2) is 23.8 Å². The number of nitrogens with zero attached hydrogens (tertiary/aromatic N) is 1. The molecule has 15 heavy (non-hydrogen) atoms. The molecule has 0 saturated carbocycles. The Morgan fingerprint density at radius 2 is 2.27 bits per heavy atom. The van der Waals surface area contributed by atoms with Gasteiger partial charge in [0.2, 0.25) is 0 Å². The third-order valence-corrected chi connectivity index (χ3v) is 2.22. The first-order chi connectivity index (χ1) is 7.04. The Kier molecular flexibility index (Phi) is 3.59. The third-order valence-electron chi connectivity index (χ3n) is 2.22. The van der Waals surface area contributed by atoms with Crippen LogP contribution in [0, 0.1) is 17.1 Å². The summed E-state index contributed by atoms with van der Waals surface area (Å²) in [6, 6.07) is 6.19. The van der Waals surface area contributed by atoms with E-state index in [2.05, 4.69) is 0 Å². The minimum atomic E-state index is -0.493. The molecule has 0 bridgehead atoms. The zero-order valence-electron chi connectivity index (χ0n) is 8.79. The van der Waals surface area contributed by atoms with Crippen molar-refractivity contribution in [1.29, 1.82) is 5.26 Å². The van der Waals surface area contributed by atoms with Crippen LogP contribution in [0.2, 0.25) is 0 Å². The first-order valence-corrected chi connectivity index (χ1v) is 4.68. The Morgan fingerprint density at radius 1 is 1.60 bits per heavy atom. The maximum atomic E-state index is 13.0. The molecule has 1 aromatic carbocycles. The second-order valence-corrected chi connectivity index (χ2v) is 3.53. The predicted molar refractivity (Wildman–Crippen MR) is 58.4 cm³/mol. The van der Waals surface area contributed by atoms with Gasteiger partial charge in [-0.05, 0) is 31.5 Å². The lowest BCUT2D eigenvalue weighted by Crippen LogP contribution is -2.15. The van der Waals surface area contributed by atoms with Gasteiger partial charge in [0.25, 0.3) is 0 Å². The van der Waals surface area contributed by atoms with Crippen LogP contribution in [-0.4, -0.2) is 6.04 Å². The van der Waals surface area contributed by atoms with Crippen molar-refractivity contribution in [2.45, 2.75) is 19.9 Å². The van der Waals surface area contributed by atoms with E-state index in [0.29, 0.717) is 0 Å². The second kappa shape index (κ2) is 4.72. The summed E-state index contributed by atoms with van der Waals surface area (Å²) in [6.07, 6.45) is 1.85. The van der Waals surface area contributed by atoms with Gasteiger partial charge in [-0.1, -0.05) is 17.7 Å². The van der Waals surface area contributed by atoms with E-state index in [0.717, 1.165) is 11.1 Å². The summed E-state index contributed by atoms with van der Waals surface area (Å²) in [5.41, 5.74) is 7.52. The molecule has 0 radical (unpaired) electrons. The van der Waals surface area contributed by atoms with E-state index >= 15 is 0 Å². The average molecular weight is 204 g/mol. The molecule has 1 aromatic rings. The van der Waals surface area contributed by atoms with E-state index in [4.69, 9.17) is 11.0 Å². The Bertz CT molecular complexity index is 428. The number of hydrogen-bond donors (Lipinski definition) is 1. The number of benzene rings is 1. The number of nitriles is 1. The van der Waals surface area contributed by atoms with Crippen LogP contribution in [0.5, 0.6) is 0 Å². The lowest BCUT2D eigenvalue weighted by Gasteiger charge is -2.05. The SMILES string of the molecule is C/C(=C\c1ccc(F)c(C#N)c1)C(C)N. The monoisotopic (exact) mass is 204 g/mol. The molecule has 0 aliphatic carbocycles. The molecule has 1 rings (SSSR count). The molecular formula is C12H13FN2. The van der Waals surface area contributed by atoms with E-state index in [1.807, 2.05) is 19.9 Å². The standard InChI is InChI=1S/C12H13FN2/c1-8(9(2)15)5-10-3-4-12(13)11(6-10)7-14/h3-6,9H,15H2,1-2H3/b8-5+.